The van der Waals surface area contributed by atoms with E-state index in [1.165, 1.54) is 11.8 Å². The number of nitrogens with zero attached hydrogens (tertiary/aromatic N) is 2. The molecular weight excluding hydrogens is 202 g/mol. The average Bonchev–Trinajstić information content (AvgIpc) is 2.46. The Morgan fingerprint density at radius 2 is 2.43 bits per heavy atom. The summed E-state index contributed by atoms with van der Waals surface area (Å²) >= 11 is 1.48. The molecule has 0 aliphatic rings. The van der Waals surface area contributed by atoms with Crippen LogP contribution in [-0.2, 0) is 6.54 Å². The van der Waals surface area contributed by atoms with Crippen molar-refractivity contribution in [2.45, 2.75) is 38.1 Å². The van der Waals surface area contributed by atoms with Crippen LogP contribution in [0.25, 0.3) is 0 Å². The lowest BCUT2D eigenvalue weighted by Gasteiger charge is -2.03. The molecule has 80 valence electrons. The normalized spacial score (nSPS) is 13.1. The molecular formula is C8H15N3O2S. The van der Waals surface area contributed by atoms with Gasteiger partial charge in [0.25, 0.3) is 0 Å². The number of aromatic amines is 1. The quantitative estimate of drug-likeness (QED) is 0.703. The highest BCUT2D eigenvalue weighted by Gasteiger charge is 2.06. The van der Waals surface area contributed by atoms with Crippen molar-refractivity contribution in [1.82, 2.24) is 14.8 Å². The SMILES string of the molecule is CCn1c(SCCC(C)O)n[nH]c1=O. The van der Waals surface area contributed by atoms with Crippen molar-refractivity contribution < 1.29 is 5.11 Å². The monoisotopic (exact) mass is 217 g/mol. The van der Waals surface area contributed by atoms with E-state index < -0.39 is 0 Å². The Hall–Kier alpha value is -0.750. The van der Waals surface area contributed by atoms with Crippen LogP contribution in [0.5, 0.6) is 0 Å². The number of H-pyrrole nitrogens is 1. The summed E-state index contributed by atoms with van der Waals surface area (Å²) in [7, 11) is 0. The molecule has 1 heterocycles. The fourth-order valence-corrected chi connectivity index (χ4v) is 2.13. The van der Waals surface area contributed by atoms with Gasteiger partial charge in [-0.3, -0.25) is 4.57 Å². The smallest absolute Gasteiger partial charge is 0.343 e. The molecule has 1 rings (SSSR count). The fourth-order valence-electron chi connectivity index (χ4n) is 1.01. The van der Waals surface area contributed by atoms with Gasteiger partial charge < -0.3 is 5.11 Å². The maximum Gasteiger partial charge on any atom is 0.343 e. The summed E-state index contributed by atoms with van der Waals surface area (Å²) in [5.41, 5.74) is -0.174. The Morgan fingerprint density at radius 3 is 3.00 bits per heavy atom. The molecule has 1 aromatic rings. The van der Waals surface area contributed by atoms with Gasteiger partial charge in [-0.2, -0.15) is 0 Å². The van der Waals surface area contributed by atoms with Crippen molar-refractivity contribution in [2.75, 3.05) is 5.75 Å². The predicted octanol–water partition coefficient (Wildman–Crippen LogP) is 0.454. The molecule has 0 spiro atoms. The van der Waals surface area contributed by atoms with Crippen LogP contribution in [0.15, 0.2) is 9.95 Å². The molecule has 0 saturated heterocycles. The van der Waals surface area contributed by atoms with Gasteiger partial charge in [0, 0.05) is 12.3 Å². The van der Waals surface area contributed by atoms with Crippen LogP contribution < -0.4 is 5.69 Å². The Labute approximate surface area is 86.5 Å². The maximum absolute atomic E-state index is 11.2. The summed E-state index contributed by atoms with van der Waals surface area (Å²) in [6, 6.07) is 0. The van der Waals surface area contributed by atoms with Crippen LogP contribution in [0, 0.1) is 0 Å². The van der Waals surface area contributed by atoms with E-state index in [1.54, 1.807) is 11.5 Å². The van der Waals surface area contributed by atoms with Gasteiger partial charge in [-0.1, -0.05) is 11.8 Å². The van der Waals surface area contributed by atoms with Gasteiger partial charge >= 0.3 is 5.69 Å². The molecule has 14 heavy (non-hydrogen) atoms. The van der Waals surface area contributed by atoms with E-state index in [4.69, 9.17) is 5.11 Å². The van der Waals surface area contributed by atoms with E-state index in [0.29, 0.717) is 18.1 Å². The molecule has 6 heteroatoms. The molecule has 0 aliphatic heterocycles. The van der Waals surface area contributed by atoms with Crippen molar-refractivity contribution in [3.05, 3.63) is 10.5 Å². The molecule has 1 atom stereocenters. The first-order valence-corrected chi connectivity index (χ1v) is 5.59. The maximum atomic E-state index is 11.2. The topological polar surface area (TPSA) is 70.9 Å². The lowest BCUT2D eigenvalue weighted by molar-refractivity contribution is 0.192. The number of aromatic nitrogens is 3. The lowest BCUT2D eigenvalue weighted by atomic mass is 10.3. The summed E-state index contributed by atoms with van der Waals surface area (Å²) in [6.45, 7) is 4.26. The largest absolute Gasteiger partial charge is 0.393 e. The first-order valence-electron chi connectivity index (χ1n) is 4.61. The van der Waals surface area contributed by atoms with Crippen LogP contribution in [0.1, 0.15) is 20.3 Å². The molecule has 5 nitrogen and oxygen atoms in total. The van der Waals surface area contributed by atoms with Crippen LogP contribution in [-0.4, -0.2) is 31.7 Å². The van der Waals surface area contributed by atoms with Crippen LogP contribution in [0.3, 0.4) is 0 Å². The molecule has 0 saturated carbocycles. The predicted molar refractivity (Wildman–Crippen MR) is 55.5 cm³/mol. The molecule has 0 aliphatic carbocycles. The minimum atomic E-state index is -0.303. The van der Waals surface area contributed by atoms with Crippen LogP contribution in [0.2, 0.25) is 0 Å². The molecule has 0 amide bonds. The van der Waals surface area contributed by atoms with E-state index in [1.807, 2.05) is 6.92 Å². The van der Waals surface area contributed by atoms with E-state index in [0.717, 1.165) is 5.75 Å². The second-order valence-electron chi connectivity index (χ2n) is 3.04. The molecule has 0 aromatic carbocycles. The fraction of sp³-hybridized carbons (Fsp3) is 0.750. The number of nitrogens with one attached hydrogen (secondary N) is 1. The zero-order valence-electron chi connectivity index (χ0n) is 8.36. The van der Waals surface area contributed by atoms with Gasteiger partial charge in [-0.05, 0) is 20.3 Å². The summed E-state index contributed by atoms with van der Waals surface area (Å²) in [4.78, 5) is 11.2. The van der Waals surface area contributed by atoms with Crippen molar-refractivity contribution in [2.24, 2.45) is 0 Å². The second-order valence-corrected chi connectivity index (χ2v) is 4.10. The van der Waals surface area contributed by atoms with Crippen molar-refractivity contribution in [3.8, 4) is 0 Å². The third-order valence-electron chi connectivity index (χ3n) is 1.81. The molecule has 1 aromatic heterocycles. The molecule has 2 N–H and O–H groups in total. The zero-order valence-corrected chi connectivity index (χ0v) is 9.17. The van der Waals surface area contributed by atoms with Crippen LogP contribution in [0.4, 0.5) is 0 Å². The van der Waals surface area contributed by atoms with Crippen molar-refractivity contribution in [1.29, 1.82) is 0 Å². The first kappa shape index (κ1) is 11.3. The van der Waals surface area contributed by atoms with E-state index in [-0.39, 0.29) is 11.8 Å². The Morgan fingerprint density at radius 1 is 1.71 bits per heavy atom. The summed E-state index contributed by atoms with van der Waals surface area (Å²) in [5.74, 6) is 0.766. The highest BCUT2D eigenvalue weighted by atomic mass is 32.2. The van der Waals surface area contributed by atoms with Gasteiger partial charge in [-0.25, -0.2) is 9.89 Å². The van der Waals surface area contributed by atoms with Crippen molar-refractivity contribution >= 4 is 11.8 Å². The third-order valence-corrected chi connectivity index (χ3v) is 2.82. The number of rotatable bonds is 5. The van der Waals surface area contributed by atoms with Gasteiger partial charge in [-0.15, -0.1) is 5.10 Å². The third kappa shape index (κ3) is 2.88. The summed E-state index contributed by atoms with van der Waals surface area (Å²) in [6.07, 6.45) is 0.401. The number of hydrogen-bond donors (Lipinski definition) is 2. The summed E-state index contributed by atoms with van der Waals surface area (Å²) in [5, 5.41) is 16.0. The summed E-state index contributed by atoms with van der Waals surface area (Å²) < 4.78 is 1.58. The lowest BCUT2D eigenvalue weighted by Crippen LogP contribution is -2.16. The highest BCUT2D eigenvalue weighted by Crippen LogP contribution is 2.14. The molecule has 0 bridgehead atoms. The van der Waals surface area contributed by atoms with Gasteiger partial charge in [0.05, 0.1) is 6.10 Å². The van der Waals surface area contributed by atoms with Gasteiger partial charge in [0.15, 0.2) is 5.16 Å². The van der Waals surface area contributed by atoms with E-state index in [2.05, 4.69) is 10.2 Å². The van der Waals surface area contributed by atoms with Gasteiger partial charge in [0.1, 0.15) is 0 Å². The molecule has 0 fully saturated rings. The molecule has 0 radical (unpaired) electrons. The van der Waals surface area contributed by atoms with Crippen LogP contribution >= 0.6 is 11.8 Å². The average molecular weight is 217 g/mol. The Balaban J connectivity index is 2.54. The second kappa shape index (κ2) is 5.21. The molecule has 1 unspecified atom stereocenters. The number of thioether (sulfide) groups is 1. The first-order chi connectivity index (χ1) is 6.65. The van der Waals surface area contributed by atoms with E-state index in [9.17, 15) is 4.79 Å². The van der Waals surface area contributed by atoms with E-state index >= 15 is 0 Å². The standard InChI is InChI=1S/C8H15N3O2S/c1-3-11-7(13)9-10-8(11)14-5-4-6(2)12/h6,12H,3-5H2,1-2H3,(H,9,13). The number of aliphatic hydroxyl groups is 1. The Kier molecular flexibility index (Phi) is 4.21. The van der Waals surface area contributed by atoms with Gasteiger partial charge in [0.2, 0.25) is 0 Å². The minimum Gasteiger partial charge on any atom is -0.393 e. The number of aliphatic hydroxyl groups excluding tert-OH is 1. The highest BCUT2D eigenvalue weighted by molar-refractivity contribution is 7.99. The van der Waals surface area contributed by atoms with Crippen molar-refractivity contribution in [3.63, 3.8) is 0 Å². The Bertz CT molecular complexity index is 332. The number of hydrogen-bond acceptors (Lipinski definition) is 4. The zero-order chi connectivity index (χ0) is 10.6. The minimum absolute atomic E-state index is 0.174.